The quantitative estimate of drug-likeness (QED) is 0.668. The lowest BCUT2D eigenvalue weighted by molar-refractivity contribution is 0.101. The molecule has 2 aromatic rings. The van der Waals surface area contributed by atoms with Crippen LogP contribution < -0.4 is 10.6 Å². The minimum Gasteiger partial charge on any atom is -0.358 e. The number of ketones is 1. The number of carbonyl (C=O) groups excluding carboxylic acids is 1. The first kappa shape index (κ1) is 13.7. The highest BCUT2D eigenvalue weighted by Crippen LogP contribution is 2.11. The first-order chi connectivity index (χ1) is 9.15. The Kier molecular flexibility index (Phi) is 4.65. The lowest BCUT2D eigenvalue weighted by atomic mass is 10.1. The number of Topliss-reactive ketones (excluding diaryl/α,β-unsaturated/α-hetero) is 1. The van der Waals surface area contributed by atoms with Crippen LogP contribution in [0.3, 0.4) is 0 Å². The zero-order valence-corrected chi connectivity index (χ0v) is 12.1. The van der Waals surface area contributed by atoms with Crippen LogP contribution in [0.4, 0.5) is 5.69 Å². The summed E-state index contributed by atoms with van der Waals surface area (Å²) < 4.78 is 0. The van der Waals surface area contributed by atoms with E-state index in [1.54, 1.807) is 30.4 Å². The largest absolute Gasteiger partial charge is 0.358 e. The van der Waals surface area contributed by atoms with Crippen molar-refractivity contribution in [3.05, 3.63) is 52.2 Å². The molecule has 0 atom stereocenters. The van der Waals surface area contributed by atoms with Crippen molar-refractivity contribution < 1.29 is 4.79 Å². The molecular weight excluding hydrogens is 276 g/mol. The second-order valence-corrected chi connectivity index (χ2v) is 5.46. The van der Waals surface area contributed by atoms with Gasteiger partial charge in [0, 0.05) is 16.1 Å². The van der Waals surface area contributed by atoms with Crippen molar-refractivity contribution in [1.82, 2.24) is 5.32 Å². The Morgan fingerprint density at radius 3 is 2.58 bits per heavy atom. The van der Waals surface area contributed by atoms with Gasteiger partial charge in [-0.1, -0.05) is 6.07 Å². The molecule has 0 saturated carbocycles. The maximum atomic E-state index is 11.2. The van der Waals surface area contributed by atoms with E-state index in [9.17, 15) is 4.79 Å². The predicted molar refractivity (Wildman–Crippen MR) is 83.8 cm³/mol. The van der Waals surface area contributed by atoms with Gasteiger partial charge in [0.15, 0.2) is 10.9 Å². The molecule has 5 heteroatoms. The number of nitrogens with one attached hydrogen (secondary N) is 2. The normalized spacial score (nSPS) is 9.95. The molecule has 3 nitrogen and oxygen atoms in total. The molecular formula is C14H14N2OS2. The van der Waals surface area contributed by atoms with Crippen LogP contribution >= 0.6 is 23.6 Å². The number of hydrogen-bond donors (Lipinski definition) is 2. The number of anilines is 1. The number of rotatable bonds is 4. The maximum Gasteiger partial charge on any atom is 0.171 e. The summed E-state index contributed by atoms with van der Waals surface area (Å²) in [5.74, 6) is 0.0601. The molecule has 1 heterocycles. The number of carbonyl (C=O) groups is 1. The molecule has 98 valence electrons. The molecule has 0 unspecified atom stereocenters. The molecule has 0 aliphatic heterocycles. The number of hydrogen-bond acceptors (Lipinski definition) is 3. The van der Waals surface area contributed by atoms with Crippen molar-refractivity contribution in [2.45, 2.75) is 13.5 Å². The Morgan fingerprint density at radius 2 is 2.00 bits per heavy atom. The van der Waals surface area contributed by atoms with Gasteiger partial charge in [-0.05, 0) is 54.9 Å². The van der Waals surface area contributed by atoms with Crippen LogP contribution in [0.5, 0.6) is 0 Å². The van der Waals surface area contributed by atoms with Crippen molar-refractivity contribution in [1.29, 1.82) is 0 Å². The molecule has 2 N–H and O–H groups in total. The lowest BCUT2D eigenvalue weighted by Gasteiger charge is -2.09. The van der Waals surface area contributed by atoms with E-state index in [0.29, 0.717) is 10.7 Å². The summed E-state index contributed by atoms with van der Waals surface area (Å²) in [6.07, 6.45) is 0. The van der Waals surface area contributed by atoms with E-state index in [1.807, 2.05) is 23.6 Å². The van der Waals surface area contributed by atoms with Crippen LogP contribution in [-0.4, -0.2) is 10.9 Å². The Hall–Kier alpha value is -1.72. The van der Waals surface area contributed by atoms with Crippen LogP contribution in [0.25, 0.3) is 0 Å². The second kappa shape index (κ2) is 6.45. The summed E-state index contributed by atoms with van der Waals surface area (Å²) in [5, 5.41) is 8.83. The standard InChI is InChI=1S/C14H14N2OS2/c1-10(17)11-4-6-12(7-5-11)16-14(18)15-9-13-3-2-8-19-13/h2-8H,9H2,1H3,(H2,15,16,18). The monoisotopic (exact) mass is 290 g/mol. The van der Waals surface area contributed by atoms with Crippen molar-refractivity contribution in [3.63, 3.8) is 0 Å². The van der Waals surface area contributed by atoms with E-state index in [0.717, 1.165) is 12.2 Å². The lowest BCUT2D eigenvalue weighted by Crippen LogP contribution is -2.27. The molecule has 1 aromatic heterocycles. The topological polar surface area (TPSA) is 41.1 Å². The summed E-state index contributed by atoms with van der Waals surface area (Å²) in [6.45, 7) is 2.27. The van der Waals surface area contributed by atoms with Crippen LogP contribution in [0.15, 0.2) is 41.8 Å². The summed E-state index contributed by atoms with van der Waals surface area (Å²) in [4.78, 5) is 12.4. The van der Waals surface area contributed by atoms with Gasteiger partial charge in [-0.3, -0.25) is 4.79 Å². The number of thiocarbonyl (C=S) groups is 1. The Morgan fingerprint density at radius 1 is 1.26 bits per heavy atom. The average Bonchev–Trinajstić information content (AvgIpc) is 2.90. The van der Waals surface area contributed by atoms with E-state index >= 15 is 0 Å². The van der Waals surface area contributed by atoms with Crippen LogP contribution in [-0.2, 0) is 6.54 Å². The highest BCUT2D eigenvalue weighted by Gasteiger charge is 2.01. The molecule has 0 bridgehead atoms. The molecule has 1 aromatic carbocycles. The van der Waals surface area contributed by atoms with E-state index in [1.165, 1.54) is 4.88 Å². The fraction of sp³-hybridized carbons (Fsp3) is 0.143. The molecule has 19 heavy (non-hydrogen) atoms. The van der Waals surface area contributed by atoms with E-state index in [2.05, 4.69) is 16.7 Å². The van der Waals surface area contributed by atoms with E-state index in [4.69, 9.17) is 12.2 Å². The van der Waals surface area contributed by atoms with Crippen LogP contribution in [0.2, 0.25) is 0 Å². The Bertz CT molecular complexity index is 562. The van der Waals surface area contributed by atoms with Crippen molar-refractivity contribution in [3.8, 4) is 0 Å². The van der Waals surface area contributed by atoms with Gasteiger partial charge in [0.2, 0.25) is 0 Å². The highest BCUT2D eigenvalue weighted by molar-refractivity contribution is 7.80. The van der Waals surface area contributed by atoms with E-state index < -0.39 is 0 Å². The molecule has 0 saturated heterocycles. The molecule has 0 radical (unpaired) electrons. The summed E-state index contributed by atoms with van der Waals surface area (Å²) >= 11 is 6.90. The van der Waals surface area contributed by atoms with Gasteiger partial charge in [0.05, 0.1) is 6.54 Å². The van der Waals surface area contributed by atoms with Crippen LogP contribution in [0, 0.1) is 0 Å². The van der Waals surface area contributed by atoms with Crippen molar-refractivity contribution >= 4 is 40.1 Å². The zero-order chi connectivity index (χ0) is 13.7. The SMILES string of the molecule is CC(=O)c1ccc(NC(=S)NCc2cccs2)cc1. The van der Waals surface area contributed by atoms with Gasteiger partial charge in [0.25, 0.3) is 0 Å². The molecule has 0 aliphatic rings. The first-order valence-corrected chi connectivity index (χ1v) is 7.12. The maximum absolute atomic E-state index is 11.2. The fourth-order valence-corrected chi connectivity index (χ4v) is 2.38. The average molecular weight is 290 g/mol. The van der Waals surface area contributed by atoms with Gasteiger partial charge in [-0.25, -0.2) is 0 Å². The Balaban J connectivity index is 1.86. The molecule has 0 amide bonds. The third-order valence-electron chi connectivity index (χ3n) is 2.55. The number of thiophene rings is 1. The van der Waals surface area contributed by atoms with Gasteiger partial charge >= 0.3 is 0 Å². The van der Waals surface area contributed by atoms with Gasteiger partial charge in [-0.2, -0.15) is 0 Å². The van der Waals surface area contributed by atoms with Crippen molar-refractivity contribution in [2.75, 3.05) is 5.32 Å². The predicted octanol–water partition coefficient (Wildman–Crippen LogP) is 3.44. The highest BCUT2D eigenvalue weighted by atomic mass is 32.1. The van der Waals surface area contributed by atoms with Gasteiger partial charge < -0.3 is 10.6 Å². The van der Waals surface area contributed by atoms with Crippen LogP contribution in [0.1, 0.15) is 22.2 Å². The molecule has 0 aliphatic carbocycles. The summed E-state index contributed by atoms with van der Waals surface area (Å²) in [5.41, 5.74) is 1.57. The molecule has 0 fully saturated rings. The Labute approximate surface area is 121 Å². The summed E-state index contributed by atoms with van der Waals surface area (Å²) in [7, 11) is 0. The minimum absolute atomic E-state index is 0.0601. The number of benzene rings is 1. The second-order valence-electron chi connectivity index (χ2n) is 4.02. The zero-order valence-electron chi connectivity index (χ0n) is 10.5. The first-order valence-electron chi connectivity index (χ1n) is 5.83. The van der Waals surface area contributed by atoms with Gasteiger partial charge in [0.1, 0.15) is 0 Å². The molecule has 2 rings (SSSR count). The van der Waals surface area contributed by atoms with E-state index in [-0.39, 0.29) is 5.78 Å². The smallest absolute Gasteiger partial charge is 0.171 e. The minimum atomic E-state index is 0.0601. The summed E-state index contributed by atoms with van der Waals surface area (Å²) in [6, 6.07) is 11.3. The van der Waals surface area contributed by atoms with Crippen molar-refractivity contribution in [2.24, 2.45) is 0 Å². The third kappa shape index (κ3) is 4.15. The fourth-order valence-electron chi connectivity index (χ4n) is 1.54. The molecule has 0 spiro atoms. The third-order valence-corrected chi connectivity index (χ3v) is 3.68. The van der Waals surface area contributed by atoms with Gasteiger partial charge in [-0.15, -0.1) is 11.3 Å².